The molecule has 0 saturated heterocycles. The number of Topliss-reactive ketones (excluding diaryl/α,β-unsaturated/α-hetero) is 1. The van der Waals surface area contributed by atoms with Crippen molar-refractivity contribution in [1.29, 1.82) is 0 Å². The smallest absolute Gasteiger partial charge is 0.197 e. The minimum atomic E-state index is -3.55. The van der Waals surface area contributed by atoms with Crippen LogP contribution in [0.3, 0.4) is 0 Å². The molecule has 0 aliphatic rings. The Kier molecular flexibility index (Phi) is 3.52. The van der Waals surface area contributed by atoms with Crippen LogP contribution >= 0.6 is 11.6 Å². The van der Waals surface area contributed by atoms with Gasteiger partial charge in [0.2, 0.25) is 0 Å². The first kappa shape index (κ1) is 12.2. The highest BCUT2D eigenvalue weighted by Gasteiger charge is 2.27. The number of carbonyl (C=O) groups excluding carboxylic acids is 1. The van der Waals surface area contributed by atoms with Crippen LogP contribution in [-0.4, -0.2) is 25.2 Å². The van der Waals surface area contributed by atoms with Crippen molar-refractivity contribution in [2.24, 2.45) is 0 Å². The summed E-state index contributed by atoms with van der Waals surface area (Å²) in [5.74, 6) is -0.572. The molecule has 0 aromatic heterocycles. The Balaban J connectivity index is 3.12. The van der Waals surface area contributed by atoms with Crippen LogP contribution < -0.4 is 0 Å². The number of hydrogen-bond donors (Lipinski definition) is 0. The van der Waals surface area contributed by atoms with E-state index in [0.717, 1.165) is 11.8 Å². The van der Waals surface area contributed by atoms with Gasteiger partial charge in [0.15, 0.2) is 20.3 Å². The summed E-state index contributed by atoms with van der Waals surface area (Å²) in [5, 5.41) is 0. The van der Waals surface area contributed by atoms with Crippen LogP contribution in [0.25, 0.3) is 0 Å². The van der Waals surface area contributed by atoms with Gasteiger partial charge in [-0.2, -0.15) is 0 Å². The lowest BCUT2D eigenvalue weighted by molar-refractivity contribution is 0.101. The molecule has 1 rings (SSSR count). The maximum atomic E-state index is 11.7. The summed E-state index contributed by atoms with van der Waals surface area (Å²) in [4.78, 5) is 11.7. The summed E-state index contributed by atoms with van der Waals surface area (Å²) in [7, 11) is -3.55. The van der Waals surface area contributed by atoms with Crippen LogP contribution in [0.4, 0.5) is 0 Å². The van der Waals surface area contributed by atoms with Gasteiger partial charge in [0, 0.05) is 11.8 Å². The van der Waals surface area contributed by atoms with Crippen molar-refractivity contribution in [3.8, 4) is 0 Å². The second-order valence-corrected chi connectivity index (χ2v) is 6.15. The number of carbonyl (C=O) groups is 1. The Labute approximate surface area is 94.0 Å². The summed E-state index contributed by atoms with van der Waals surface area (Å²) in [5.41, 5.74) is 1.07. The van der Waals surface area contributed by atoms with Crippen LogP contribution in [0.2, 0.25) is 0 Å². The Morgan fingerprint density at radius 3 is 2.33 bits per heavy atom. The highest BCUT2D eigenvalue weighted by atomic mass is 35.5. The quantitative estimate of drug-likeness (QED) is 0.604. The van der Waals surface area contributed by atoms with Gasteiger partial charge in [-0.3, -0.25) is 4.79 Å². The zero-order valence-electron chi connectivity index (χ0n) is 8.40. The molecule has 1 aromatic carbocycles. The van der Waals surface area contributed by atoms with E-state index in [1.807, 2.05) is 0 Å². The van der Waals surface area contributed by atoms with Crippen molar-refractivity contribution in [3.05, 3.63) is 35.4 Å². The SMILES string of the molecule is Cc1ccccc1C(=O)[C@@H](Cl)S(C)(=O)=O. The monoisotopic (exact) mass is 246 g/mol. The molecule has 0 bridgehead atoms. The molecule has 1 aromatic rings. The molecule has 0 aliphatic carbocycles. The molecular formula is C10H11ClO3S. The molecule has 0 unspecified atom stereocenters. The number of alkyl halides is 1. The van der Waals surface area contributed by atoms with Gasteiger partial charge in [0.1, 0.15) is 0 Å². The van der Waals surface area contributed by atoms with Gasteiger partial charge in [-0.15, -0.1) is 0 Å². The third-order valence-corrected chi connectivity index (χ3v) is 4.13. The van der Waals surface area contributed by atoms with E-state index < -0.39 is 20.3 Å². The van der Waals surface area contributed by atoms with E-state index >= 15 is 0 Å². The number of hydrogen-bond acceptors (Lipinski definition) is 3. The first-order valence-electron chi connectivity index (χ1n) is 4.27. The average Bonchev–Trinajstić information content (AvgIpc) is 2.15. The lowest BCUT2D eigenvalue weighted by atomic mass is 10.1. The Hall–Kier alpha value is -0.870. The molecule has 0 radical (unpaired) electrons. The van der Waals surface area contributed by atoms with Gasteiger partial charge in [0.25, 0.3) is 0 Å². The lowest BCUT2D eigenvalue weighted by Gasteiger charge is -2.08. The lowest BCUT2D eigenvalue weighted by Crippen LogP contribution is -2.24. The Morgan fingerprint density at radius 2 is 1.87 bits per heavy atom. The number of ketones is 1. The zero-order chi connectivity index (χ0) is 11.6. The first-order valence-corrected chi connectivity index (χ1v) is 6.66. The van der Waals surface area contributed by atoms with E-state index in [-0.39, 0.29) is 0 Å². The van der Waals surface area contributed by atoms with Gasteiger partial charge < -0.3 is 0 Å². The topological polar surface area (TPSA) is 51.2 Å². The molecule has 82 valence electrons. The van der Waals surface area contributed by atoms with E-state index in [1.165, 1.54) is 0 Å². The normalized spacial score (nSPS) is 13.5. The summed E-state index contributed by atoms with van der Waals surface area (Å²) < 4.78 is 20.7. The maximum absolute atomic E-state index is 11.7. The van der Waals surface area contributed by atoms with E-state index in [0.29, 0.717) is 5.56 Å². The molecule has 15 heavy (non-hydrogen) atoms. The predicted molar refractivity (Wildman–Crippen MR) is 60.0 cm³/mol. The predicted octanol–water partition coefficient (Wildman–Crippen LogP) is 1.79. The molecule has 0 aliphatic heterocycles. The highest BCUT2D eigenvalue weighted by Crippen LogP contribution is 2.16. The fraction of sp³-hybridized carbons (Fsp3) is 0.300. The van der Waals surface area contributed by atoms with Crippen LogP contribution in [0.5, 0.6) is 0 Å². The van der Waals surface area contributed by atoms with E-state index in [4.69, 9.17) is 11.6 Å². The van der Waals surface area contributed by atoms with Gasteiger partial charge in [-0.05, 0) is 12.5 Å². The molecule has 3 nitrogen and oxygen atoms in total. The van der Waals surface area contributed by atoms with E-state index in [9.17, 15) is 13.2 Å². The minimum absolute atomic E-state index is 0.350. The summed E-state index contributed by atoms with van der Waals surface area (Å²) in [6, 6.07) is 6.75. The molecule has 0 amide bonds. The van der Waals surface area contributed by atoms with Crippen molar-refractivity contribution < 1.29 is 13.2 Å². The van der Waals surface area contributed by atoms with Crippen LogP contribution in [0, 0.1) is 6.92 Å². The molecule has 0 N–H and O–H groups in total. The number of rotatable bonds is 3. The molecular weight excluding hydrogens is 236 g/mol. The van der Waals surface area contributed by atoms with E-state index in [1.54, 1.807) is 31.2 Å². The van der Waals surface area contributed by atoms with Crippen LogP contribution in [0.15, 0.2) is 24.3 Å². The van der Waals surface area contributed by atoms with Crippen molar-refractivity contribution >= 4 is 27.2 Å². The van der Waals surface area contributed by atoms with E-state index in [2.05, 4.69) is 0 Å². The summed E-state index contributed by atoms with van der Waals surface area (Å²) in [6.07, 6.45) is 0.945. The third-order valence-electron chi connectivity index (χ3n) is 1.99. The van der Waals surface area contributed by atoms with Gasteiger partial charge in [-0.1, -0.05) is 35.9 Å². The molecule has 5 heteroatoms. The molecule has 0 fully saturated rings. The minimum Gasteiger partial charge on any atom is -0.291 e. The fourth-order valence-corrected chi connectivity index (χ4v) is 1.80. The van der Waals surface area contributed by atoms with Crippen LogP contribution in [0.1, 0.15) is 15.9 Å². The van der Waals surface area contributed by atoms with Crippen molar-refractivity contribution in [1.82, 2.24) is 0 Å². The maximum Gasteiger partial charge on any atom is 0.197 e. The zero-order valence-corrected chi connectivity index (χ0v) is 9.97. The summed E-state index contributed by atoms with van der Waals surface area (Å²) >= 11 is 5.58. The number of sulfone groups is 1. The van der Waals surface area contributed by atoms with Gasteiger partial charge >= 0.3 is 0 Å². The third kappa shape index (κ3) is 2.79. The van der Waals surface area contributed by atoms with Gasteiger partial charge in [0.05, 0.1) is 0 Å². The molecule has 0 heterocycles. The van der Waals surface area contributed by atoms with Gasteiger partial charge in [-0.25, -0.2) is 8.42 Å². The van der Waals surface area contributed by atoms with Crippen molar-refractivity contribution in [2.45, 2.75) is 11.6 Å². The Morgan fingerprint density at radius 1 is 1.33 bits per heavy atom. The van der Waals surface area contributed by atoms with Crippen molar-refractivity contribution in [2.75, 3.05) is 6.26 Å². The van der Waals surface area contributed by atoms with Crippen molar-refractivity contribution in [3.63, 3.8) is 0 Å². The fourth-order valence-electron chi connectivity index (χ4n) is 1.17. The number of aryl methyl sites for hydroxylation is 1. The molecule has 0 saturated carbocycles. The highest BCUT2D eigenvalue weighted by molar-refractivity contribution is 7.93. The van der Waals surface area contributed by atoms with Crippen LogP contribution in [-0.2, 0) is 9.84 Å². The molecule has 1 atom stereocenters. The average molecular weight is 247 g/mol. The molecule has 0 spiro atoms. The largest absolute Gasteiger partial charge is 0.291 e. The number of benzene rings is 1. The standard InChI is InChI=1S/C10H11ClO3S/c1-7-5-3-4-6-8(7)9(12)10(11)15(2,13)14/h3-6,10H,1-2H3/t10-/m0/s1. The second-order valence-electron chi connectivity index (χ2n) is 3.32. The Bertz CT molecular complexity index is 479. The second kappa shape index (κ2) is 4.33. The number of halogens is 1. The summed E-state index contributed by atoms with van der Waals surface area (Å²) in [6.45, 7) is 1.74. The first-order chi connectivity index (χ1) is 6.84.